The quantitative estimate of drug-likeness (QED) is 0.865. The number of benzene rings is 1. The van der Waals surface area contributed by atoms with E-state index in [1.54, 1.807) is 0 Å². The monoisotopic (exact) mass is 242 g/mol. The van der Waals surface area contributed by atoms with E-state index < -0.39 is 0 Å². The van der Waals surface area contributed by atoms with Crippen LogP contribution < -0.4 is 10.6 Å². The third-order valence-electron chi connectivity index (χ3n) is 3.37. The van der Waals surface area contributed by atoms with Crippen LogP contribution in [0.1, 0.15) is 20.3 Å². The van der Waals surface area contributed by atoms with E-state index in [0.717, 1.165) is 29.2 Å². The zero-order valence-corrected chi connectivity index (χ0v) is 10.8. The van der Waals surface area contributed by atoms with E-state index in [1.165, 1.54) is 6.42 Å². The van der Waals surface area contributed by atoms with Crippen LogP contribution in [0.15, 0.2) is 24.3 Å². The molecule has 94 valence electrons. The maximum Gasteiger partial charge on any atom is 0.225 e. The van der Waals surface area contributed by atoms with Crippen molar-refractivity contribution >= 4 is 22.7 Å². The van der Waals surface area contributed by atoms with Crippen molar-refractivity contribution in [3.8, 4) is 0 Å². The van der Waals surface area contributed by atoms with Crippen molar-refractivity contribution in [2.75, 3.05) is 17.2 Å². The van der Waals surface area contributed by atoms with Crippen molar-refractivity contribution in [3.05, 3.63) is 24.3 Å². The van der Waals surface area contributed by atoms with Crippen LogP contribution in [-0.2, 0) is 0 Å². The first kappa shape index (κ1) is 11.3. The van der Waals surface area contributed by atoms with Crippen LogP contribution in [0, 0.1) is 5.92 Å². The van der Waals surface area contributed by atoms with Crippen LogP contribution in [0.3, 0.4) is 0 Å². The van der Waals surface area contributed by atoms with Gasteiger partial charge >= 0.3 is 0 Å². The highest BCUT2D eigenvalue weighted by molar-refractivity contribution is 5.90. The van der Waals surface area contributed by atoms with Crippen molar-refractivity contribution in [1.29, 1.82) is 0 Å². The first-order valence-corrected chi connectivity index (χ1v) is 6.55. The van der Waals surface area contributed by atoms with Crippen molar-refractivity contribution in [1.82, 2.24) is 9.97 Å². The van der Waals surface area contributed by atoms with Gasteiger partial charge in [0.05, 0.1) is 5.52 Å². The smallest absolute Gasteiger partial charge is 0.225 e. The van der Waals surface area contributed by atoms with Gasteiger partial charge in [0.15, 0.2) is 0 Å². The highest BCUT2D eigenvalue weighted by Crippen LogP contribution is 2.34. The summed E-state index contributed by atoms with van der Waals surface area (Å²) in [6.07, 6.45) is 1.23. The molecule has 2 N–H and O–H groups in total. The Labute approximate surface area is 107 Å². The minimum Gasteiger partial charge on any atom is -0.366 e. The number of aromatic nitrogens is 2. The molecule has 4 nitrogen and oxygen atoms in total. The first-order chi connectivity index (χ1) is 8.78. The lowest BCUT2D eigenvalue weighted by Gasteiger charge is -2.10. The summed E-state index contributed by atoms with van der Waals surface area (Å²) in [4.78, 5) is 9.08. The van der Waals surface area contributed by atoms with Gasteiger partial charge in [0, 0.05) is 18.0 Å². The van der Waals surface area contributed by atoms with Crippen LogP contribution in [0.2, 0.25) is 0 Å². The third kappa shape index (κ3) is 2.10. The molecule has 4 heteroatoms. The molecule has 2 unspecified atom stereocenters. The van der Waals surface area contributed by atoms with Gasteiger partial charge in [0.25, 0.3) is 0 Å². The van der Waals surface area contributed by atoms with Crippen molar-refractivity contribution in [3.63, 3.8) is 0 Å². The average molecular weight is 242 g/mol. The SMILES string of the molecule is CCNc1nc(NC2CC2C)c2ccccc2n1. The molecule has 1 aliphatic rings. The summed E-state index contributed by atoms with van der Waals surface area (Å²) in [7, 11) is 0. The van der Waals surface area contributed by atoms with Gasteiger partial charge in [0.2, 0.25) is 5.95 Å². The van der Waals surface area contributed by atoms with E-state index in [2.05, 4.69) is 40.5 Å². The standard InChI is InChI=1S/C14H18N4/c1-3-15-14-17-11-7-5-4-6-10(11)13(18-14)16-12-8-9(12)2/h4-7,9,12H,3,8H2,1-2H3,(H2,15,16,17,18). The average Bonchev–Trinajstić information content (AvgIpc) is 3.05. The van der Waals surface area contributed by atoms with E-state index in [0.29, 0.717) is 12.0 Å². The Morgan fingerprint density at radius 1 is 1.28 bits per heavy atom. The topological polar surface area (TPSA) is 49.8 Å². The van der Waals surface area contributed by atoms with Crippen molar-refractivity contribution in [2.45, 2.75) is 26.3 Å². The molecule has 0 saturated heterocycles. The molecule has 1 saturated carbocycles. The predicted molar refractivity (Wildman–Crippen MR) is 74.9 cm³/mol. The van der Waals surface area contributed by atoms with E-state index in [-0.39, 0.29) is 0 Å². The van der Waals surface area contributed by atoms with Crippen LogP contribution in [0.4, 0.5) is 11.8 Å². The zero-order valence-electron chi connectivity index (χ0n) is 10.8. The molecular formula is C14H18N4. The number of hydrogen-bond acceptors (Lipinski definition) is 4. The molecule has 0 amide bonds. The number of hydrogen-bond donors (Lipinski definition) is 2. The maximum atomic E-state index is 4.57. The molecule has 1 aromatic carbocycles. The minimum absolute atomic E-state index is 0.567. The number of para-hydroxylation sites is 1. The Morgan fingerprint density at radius 3 is 2.78 bits per heavy atom. The largest absolute Gasteiger partial charge is 0.366 e. The molecule has 2 atom stereocenters. The molecular weight excluding hydrogens is 224 g/mol. The van der Waals surface area contributed by atoms with Gasteiger partial charge in [-0.3, -0.25) is 0 Å². The molecule has 0 spiro atoms. The summed E-state index contributed by atoms with van der Waals surface area (Å²) in [6.45, 7) is 5.14. The summed E-state index contributed by atoms with van der Waals surface area (Å²) in [5.41, 5.74) is 0.985. The summed E-state index contributed by atoms with van der Waals surface area (Å²) < 4.78 is 0. The molecule has 1 aliphatic carbocycles. The molecule has 2 aromatic rings. The van der Waals surface area contributed by atoms with E-state index in [9.17, 15) is 0 Å². The maximum absolute atomic E-state index is 4.57. The Bertz CT molecular complexity index is 567. The molecule has 3 rings (SSSR count). The third-order valence-corrected chi connectivity index (χ3v) is 3.37. The van der Waals surface area contributed by atoms with E-state index in [1.807, 2.05) is 18.2 Å². The molecule has 1 aromatic heterocycles. The molecule has 18 heavy (non-hydrogen) atoms. The summed E-state index contributed by atoms with van der Waals surface area (Å²) >= 11 is 0. The number of nitrogens with zero attached hydrogens (tertiary/aromatic N) is 2. The van der Waals surface area contributed by atoms with Crippen molar-refractivity contribution < 1.29 is 0 Å². The fourth-order valence-electron chi connectivity index (χ4n) is 2.12. The Morgan fingerprint density at radius 2 is 2.06 bits per heavy atom. The Balaban J connectivity index is 2.02. The minimum atomic E-state index is 0.567. The lowest BCUT2D eigenvalue weighted by molar-refractivity contribution is 0.924. The fourth-order valence-corrected chi connectivity index (χ4v) is 2.12. The molecule has 1 heterocycles. The van der Waals surface area contributed by atoms with E-state index >= 15 is 0 Å². The summed E-state index contributed by atoms with van der Waals surface area (Å²) in [5, 5.41) is 7.79. The Hall–Kier alpha value is -1.84. The highest BCUT2D eigenvalue weighted by atomic mass is 15.2. The lowest BCUT2D eigenvalue weighted by Crippen LogP contribution is -2.09. The first-order valence-electron chi connectivity index (χ1n) is 6.55. The van der Waals surface area contributed by atoms with Gasteiger partial charge in [-0.05, 0) is 31.4 Å². The zero-order chi connectivity index (χ0) is 12.5. The Kier molecular flexibility index (Phi) is 2.78. The van der Waals surface area contributed by atoms with Crippen LogP contribution >= 0.6 is 0 Å². The predicted octanol–water partition coefficient (Wildman–Crippen LogP) is 2.88. The van der Waals surface area contributed by atoms with Crippen molar-refractivity contribution in [2.24, 2.45) is 5.92 Å². The second-order valence-electron chi connectivity index (χ2n) is 4.91. The second-order valence-corrected chi connectivity index (χ2v) is 4.91. The van der Waals surface area contributed by atoms with E-state index in [4.69, 9.17) is 0 Å². The van der Waals surface area contributed by atoms with Crippen LogP contribution in [0.5, 0.6) is 0 Å². The van der Waals surface area contributed by atoms with Gasteiger partial charge in [-0.1, -0.05) is 19.1 Å². The fraction of sp³-hybridized carbons (Fsp3) is 0.429. The van der Waals surface area contributed by atoms with Crippen LogP contribution in [0.25, 0.3) is 10.9 Å². The molecule has 1 fully saturated rings. The van der Waals surface area contributed by atoms with Gasteiger partial charge in [-0.15, -0.1) is 0 Å². The van der Waals surface area contributed by atoms with Gasteiger partial charge in [-0.25, -0.2) is 4.98 Å². The van der Waals surface area contributed by atoms with Gasteiger partial charge in [0.1, 0.15) is 5.82 Å². The number of rotatable bonds is 4. The molecule has 0 aliphatic heterocycles. The highest BCUT2D eigenvalue weighted by Gasteiger charge is 2.33. The second kappa shape index (κ2) is 4.44. The number of nitrogens with one attached hydrogen (secondary N) is 2. The molecule has 0 radical (unpaired) electrons. The summed E-state index contributed by atoms with van der Waals surface area (Å²) in [6, 6.07) is 8.70. The summed E-state index contributed by atoms with van der Waals surface area (Å²) in [5.74, 6) is 2.40. The van der Waals surface area contributed by atoms with Gasteiger partial charge < -0.3 is 10.6 Å². The normalized spacial score (nSPS) is 21.9. The molecule has 0 bridgehead atoms. The lowest BCUT2D eigenvalue weighted by atomic mass is 10.2. The number of anilines is 2. The van der Waals surface area contributed by atoms with Gasteiger partial charge in [-0.2, -0.15) is 4.98 Å². The van der Waals surface area contributed by atoms with Crippen LogP contribution in [-0.4, -0.2) is 22.6 Å². The number of fused-ring (bicyclic) bond motifs is 1.